The van der Waals surface area contributed by atoms with Gasteiger partial charge in [0.25, 0.3) is 5.91 Å². The molecule has 1 heterocycles. The maximum absolute atomic E-state index is 11.8. The third-order valence-corrected chi connectivity index (χ3v) is 3.63. The van der Waals surface area contributed by atoms with E-state index in [-0.39, 0.29) is 12.5 Å². The van der Waals surface area contributed by atoms with E-state index in [9.17, 15) is 4.79 Å². The Labute approximate surface area is 121 Å². The number of anilines is 1. The monoisotopic (exact) mass is 291 g/mol. The van der Waals surface area contributed by atoms with Gasteiger partial charge in [-0.05, 0) is 19.1 Å². The lowest BCUT2D eigenvalue weighted by atomic mass is 10.1. The summed E-state index contributed by atoms with van der Waals surface area (Å²) in [5.41, 5.74) is 8.13. The lowest BCUT2D eigenvalue weighted by Crippen LogP contribution is -2.35. The van der Waals surface area contributed by atoms with Crippen LogP contribution in [0.5, 0.6) is 0 Å². The van der Waals surface area contributed by atoms with Crippen molar-refractivity contribution in [2.45, 2.75) is 13.0 Å². The fourth-order valence-electron chi connectivity index (χ4n) is 1.75. The van der Waals surface area contributed by atoms with Crippen LogP contribution >= 0.6 is 11.3 Å². The van der Waals surface area contributed by atoms with E-state index >= 15 is 0 Å². The van der Waals surface area contributed by atoms with E-state index in [1.807, 2.05) is 36.6 Å². The molecule has 0 fully saturated rings. The zero-order valence-electron chi connectivity index (χ0n) is 11.4. The molecule has 1 amide bonds. The molecule has 0 saturated heterocycles. The molecular weight excluding hydrogens is 274 g/mol. The molecule has 106 valence electrons. The number of hydrogen-bond acceptors (Lipinski definition) is 5. The van der Waals surface area contributed by atoms with Gasteiger partial charge in [0.2, 0.25) is 0 Å². The van der Waals surface area contributed by atoms with Crippen LogP contribution in [-0.2, 0) is 9.53 Å². The summed E-state index contributed by atoms with van der Waals surface area (Å²) in [6.07, 6.45) is -0.629. The van der Waals surface area contributed by atoms with Crippen LogP contribution in [0.4, 0.5) is 5.69 Å². The first-order chi connectivity index (χ1) is 9.63. The molecule has 0 aliphatic carbocycles. The summed E-state index contributed by atoms with van der Waals surface area (Å²) in [6, 6.07) is 7.53. The van der Waals surface area contributed by atoms with Gasteiger partial charge in [0, 0.05) is 30.3 Å². The number of thiazole rings is 1. The Hall–Kier alpha value is -1.76. The van der Waals surface area contributed by atoms with Crippen LogP contribution in [0.3, 0.4) is 0 Å². The van der Waals surface area contributed by atoms with Crippen molar-refractivity contribution < 1.29 is 9.53 Å². The number of rotatable bonds is 5. The van der Waals surface area contributed by atoms with Crippen LogP contribution in [0.15, 0.2) is 29.6 Å². The van der Waals surface area contributed by atoms with E-state index in [0.29, 0.717) is 5.69 Å². The second-order valence-corrected chi connectivity index (χ2v) is 5.34. The van der Waals surface area contributed by atoms with Gasteiger partial charge in [0.15, 0.2) is 0 Å². The molecular formula is C14H17N3O2S. The van der Waals surface area contributed by atoms with Crippen LogP contribution in [0, 0.1) is 6.92 Å². The summed E-state index contributed by atoms with van der Waals surface area (Å²) >= 11 is 1.61. The highest BCUT2D eigenvalue weighted by molar-refractivity contribution is 7.09. The number of aryl methyl sites for hydroxylation is 1. The van der Waals surface area contributed by atoms with Gasteiger partial charge in [0.1, 0.15) is 6.10 Å². The summed E-state index contributed by atoms with van der Waals surface area (Å²) in [4.78, 5) is 16.2. The number of aromatic nitrogens is 1. The highest BCUT2D eigenvalue weighted by Gasteiger charge is 2.15. The normalized spacial score (nSPS) is 12.2. The maximum Gasteiger partial charge on any atom is 0.254 e. The third-order valence-electron chi connectivity index (χ3n) is 2.86. The highest BCUT2D eigenvalue weighted by Crippen LogP contribution is 2.23. The molecule has 0 aliphatic heterocycles. The van der Waals surface area contributed by atoms with Gasteiger partial charge in [-0.3, -0.25) is 4.79 Å². The highest BCUT2D eigenvalue weighted by atomic mass is 32.1. The van der Waals surface area contributed by atoms with Crippen LogP contribution < -0.4 is 11.1 Å². The number of amides is 1. The summed E-state index contributed by atoms with van der Waals surface area (Å²) in [5.74, 6) is -0.243. The molecule has 0 bridgehead atoms. The molecule has 20 heavy (non-hydrogen) atoms. The van der Waals surface area contributed by atoms with E-state index in [1.54, 1.807) is 11.3 Å². The molecule has 1 aromatic carbocycles. The van der Waals surface area contributed by atoms with E-state index in [2.05, 4.69) is 10.3 Å². The molecule has 1 aromatic heterocycles. The van der Waals surface area contributed by atoms with Crippen molar-refractivity contribution in [3.05, 3.63) is 34.7 Å². The Kier molecular flexibility index (Phi) is 4.84. The Bertz CT molecular complexity index is 576. The molecule has 3 N–H and O–H groups in total. The molecule has 0 spiro atoms. The van der Waals surface area contributed by atoms with Crippen molar-refractivity contribution in [3.63, 3.8) is 0 Å². The lowest BCUT2D eigenvalue weighted by Gasteiger charge is -2.13. The van der Waals surface area contributed by atoms with Crippen molar-refractivity contribution in [3.8, 4) is 11.3 Å². The summed E-state index contributed by atoms with van der Waals surface area (Å²) < 4.78 is 4.98. The van der Waals surface area contributed by atoms with Crippen molar-refractivity contribution in [2.24, 2.45) is 5.73 Å². The molecule has 2 rings (SSSR count). The van der Waals surface area contributed by atoms with Gasteiger partial charge in [-0.15, -0.1) is 11.3 Å². The average Bonchev–Trinajstić information content (AvgIpc) is 2.87. The maximum atomic E-state index is 11.8. The number of hydrogen-bond donors (Lipinski definition) is 2. The number of nitrogens with zero attached hydrogens (tertiary/aromatic N) is 1. The zero-order valence-corrected chi connectivity index (χ0v) is 12.2. The van der Waals surface area contributed by atoms with Gasteiger partial charge >= 0.3 is 0 Å². The molecule has 1 unspecified atom stereocenters. The smallest absolute Gasteiger partial charge is 0.254 e. The largest absolute Gasteiger partial charge is 0.370 e. The van der Waals surface area contributed by atoms with Gasteiger partial charge in [0.05, 0.1) is 10.7 Å². The minimum atomic E-state index is -0.629. The van der Waals surface area contributed by atoms with E-state index in [1.165, 1.54) is 7.11 Å². The number of carbonyl (C=O) groups excluding carboxylic acids is 1. The number of nitrogens with one attached hydrogen (secondary N) is 1. The van der Waals surface area contributed by atoms with Crippen LogP contribution in [0.25, 0.3) is 11.3 Å². The number of nitrogens with two attached hydrogens (primary N) is 1. The van der Waals surface area contributed by atoms with Crippen LogP contribution in [0.1, 0.15) is 5.01 Å². The first-order valence-electron chi connectivity index (χ1n) is 6.20. The van der Waals surface area contributed by atoms with Gasteiger partial charge in [-0.1, -0.05) is 12.1 Å². The number of methoxy groups -OCH3 is 1. The second kappa shape index (κ2) is 6.60. The van der Waals surface area contributed by atoms with Gasteiger partial charge in [-0.2, -0.15) is 0 Å². The molecule has 0 radical (unpaired) electrons. The van der Waals surface area contributed by atoms with Crippen molar-refractivity contribution in [1.82, 2.24) is 4.98 Å². The summed E-state index contributed by atoms with van der Waals surface area (Å²) in [6.45, 7) is 2.12. The van der Waals surface area contributed by atoms with Crippen LogP contribution in [-0.4, -0.2) is 30.6 Å². The van der Waals surface area contributed by atoms with E-state index in [0.717, 1.165) is 16.3 Å². The number of benzene rings is 1. The molecule has 1 atom stereocenters. The molecule has 0 aliphatic rings. The third kappa shape index (κ3) is 3.41. The van der Waals surface area contributed by atoms with E-state index in [4.69, 9.17) is 10.5 Å². The predicted molar refractivity (Wildman–Crippen MR) is 80.8 cm³/mol. The minimum Gasteiger partial charge on any atom is -0.370 e. The Balaban J connectivity index is 2.07. The quantitative estimate of drug-likeness (QED) is 0.883. The first kappa shape index (κ1) is 14.6. The number of carbonyl (C=O) groups is 1. The zero-order chi connectivity index (χ0) is 14.5. The predicted octanol–water partition coefficient (Wildman–Crippen LogP) is 2.03. The first-order valence-corrected chi connectivity index (χ1v) is 7.08. The summed E-state index contributed by atoms with van der Waals surface area (Å²) in [5, 5.41) is 5.81. The SMILES string of the molecule is COC(CN)C(=O)Nc1ccc(-c2csc(C)n2)cc1. The lowest BCUT2D eigenvalue weighted by molar-refractivity contribution is -0.125. The topological polar surface area (TPSA) is 77.2 Å². The Morgan fingerprint density at radius 2 is 2.15 bits per heavy atom. The standard InChI is InChI=1S/C14H17N3O2S/c1-9-16-12(8-20-9)10-3-5-11(6-4-10)17-14(18)13(7-15)19-2/h3-6,8,13H,7,15H2,1-2H3,(H,17,18). The Morgan fingerprint density at radius 3 is 2.65 bits per heavy atom. The molecule has 5 nitrogen and oxygen atoms in total. The van der Waals surface area contributed by atoms with Crippen molar-refractivity contribution in [1.29, 1.82) is 0 Å². The Morgan fingerprint density at radius 1 is 1.45 bits per heavy atom. The summed E-state index contributed by atoms with van der Waals surface area (Å²) in [7, 11) is 1.46. The molecule has 0 saturated carbocycles. The van der Waals surface area contributed by atoms with E-state index < -0.39 is 6.10 Å². The molecule has 6 heteroatoms. The molecule has 2 aromatic rings. The average molecular weight is 291 g/mol. The van der Waals surface area contributed by atoms with Crippen molar-refractivity contribution >= 4 is 22.9 Å². The second-order valence-electron chi connectivity index (χ2n) is 4.28. The minimum absolute atomic E-state index is 0.151. The van der Waals surface area contributed by atoms with Gasteiger partial charge < -0.3 is 15.8 Å². The fourth-order valence-corrected chi connectivity index (χ4v) is 2.38. The van der Waals surface area contributed by atoms with Crippen LogP contribution in [0.2, 0.25) is 0 Å². The van der Waals surface area contributed by atoms with Crippen molar-refractivity contribution in [2.75, 3.05) is 19.0 Å². The fraction of sp³-hybridized carbons (Fsp3) is 0.286. The van der Waals surface area contributed by atoms with Gasteiger partial charge in [-0.25, -0.2) is 4.98 Å². The number of ether oxygens (including phenoxy) is 1.